The van der Waals surface area contributed by atoms with Gasteiger partial charge in [-0.25, -0.2) is 0 Å². The van der Waals surface area contributed by atoms with Gasteiger partial charge in [-0.05, 0) is 51.7 Å². The van der Waals surface area contributed by atoms with Gasteiger partial charge in [0.15, 0.2) is 11.5 Å². The standard InChI is InChI=1S/C20H21N5O2/c1-4-13-5-7-14(8-6-13)16-12-17(25-20(21-16)22-23-24-25)15-9-10-18(26-2)19(11-15)27-3/h5-12,17H,4H2,1-3H3,(H,21,22,24)/t17-/m0/s1. The van der Waals surface area contributed by atoms with Crippen molar-refractivity contribution in [3.63, 3.8) is 0 Å². The van der Waals surface area contributed by atoms with E-state index >= 15 is 0 Å². The van der Waals surface area contributed by atoms with Crippen molar-refractivity contribution in [3.8, 4) is 11.5 Å². The third kappa shape index (κ3) is 3.12. The third-order valence-electron chi connectivity index (χ3n) is 4.75. The summed E-state index contributed by atoms with van der Waals surface area (Å²) in [5.74, 6) is 1.96. The van der Waals surface area contributed by atoms with E-state index in [1.165, 1.54) is 5.56 Å². The number of nitrogens with one attached hydrogen (secondary N) is 1. The van der Waals surface area contributed by atoms with E-state index in [2.05, 4.69) is 58.1 Å². The molecule has 0 saturated carbocycles. The predicted octanol–water partition coefficient (Wildman–Crippen LogP) is 3.31. The van der Waals surface area contributed by atoms with E-state index in [4.69, 9.17) is 9.47 Å². The van der Waals surface area contributed by atoms with E-state index in [1.54, 1.807) is 18.9 Å². The van der Waals surface area contributed by atoms with Gasteiger partial charge in [0.2, 0.25) is 5.95 Å². The van der Waals surface area contributed by atoms with Gasteiger partial charge in [-0.15, -0.1) is 0 Å². The van der Waals surface area contributed by atoms with E-state index < -0.39 is 0 Å². The monoisotopic (exact) mass is 363 g/mol. The Morgan fingerprint density at radius 3 is 2.52 bits per heavy atom. The zero-order chi connectivity index (χ0) is 18.8. The minimum atomic E-state index is -0.156. The van der Waals surface area contributed by atoms with Crippen molar-refractivity contribution >= 4 is 11.6 Å². The van der Waals surface area contributed by atoms with E-state index in [0.29, 0.717) is 17.4 Å². The Morgan fingerprint density at radius 1 is 1.04 bits per heavy atom. The number of hydrogen-bond donors (Lipinski definition) is 1. The van der Waals surface area contributed by atoms with Gasteiger partial charge in [0.25, 0.3) is 0 Å². The lowest BCUT2D eigenvalue weighted by atomic mass is 10.0. The fourth-order valence-electron chi connectivity index (χ4n) is 3.22. The van der Waals surface area contributed by atoms with Crippen molar-refractivity contribution in [2.75, 3.05) is 19.5 Å². The molecule has 0 bridgehead atoms. The minimum absolute atomic E-state index is 0.156. The summed E-state index contributed by atoms with van der Waals surface area (Å²) < 4.78 is 12.6. The fourth-order valence-corrected chi connectivity index (χ4v) is 3.22. The molecule has 4 rings (SSSR count). The Morgan fingerprint density at radius 2 is 1.81 bits per heavy atom. The quantitative estimate of drug-likeness (QED) is 0.750. The van der Waals surface area contributed by atoms with Crippen molar-refractivity contribution < 1.29 is 9.47 Å². The number of benzene rings is 2. The number of fused-ring (bicyclic) bond motifs is 1. The molecule has 2 aromatic carbocycles. The maximum atomic E-state index is 5.45. The number of hydrogen-bond acceptors (Lipinski definition) is 6. The summed E-state index contributed by atoms with van der Waals surface area (Å²) in [6.45, 7) is 2.15. The van der Waals surface area contributed by atoms with Crippen LogP contribution >= 0.6 is 0 Å². The summed E-state index contributed by atoms with van der Waals surface area (Å²) in [7, 11) is 3.25. The molecule has 0 spiro atoms. The van der Waals surface area contributed by atoms with Crippen LogP contribution in [0.1, 0.15) is 29.7 Å². The van der Waals surface area contributed by atoms with Crippen LogP contribution in [0.2, 0.25) is 0 Å². The minimum Gasteiger partial charge on any atom is -0.493 e. The molecule has 7 heteroatoms. The molecule has 1 N–H and O–H groups in total. The van der Waals surface area contributed by atoms with E-state index in [-0.39, 0.29) is 6.04 Å². The lowest BCUT2D eigenvalue weighted by Crippen LogP contribution is -2.20. The van der Waals surface area contributed by atoms with Crippen LogP contribution in [0.15, 0.2) is 48.5 Å². The highest BCUT2D eigenvalue weighted by Crippen LogP contribution is 2.36. The van der Waals surface area contributed by atoms with Crippen LogP contribution in [-0.2, 0) is 6.42 Å². The molecule has 0 radical (unpaired) electrons. The SMILES string of the molecule is CCc1ccc(C2=C[C@@H](c3ccc(OC)c(OC)c3)n3nnnc3N2)cc1. The first-order chi connectivity index (χ1) is 13.2. The molecular formula is C20H21N5O2. The summed E-state index contributed by atoms with van der Waals surface area (Å²) in [6.07, 6.45) is 3.13. The van der Waals surface area contributed by atoms with Crippen molar-refractivity contribution in [2.45, 2.75) is 19.4 Å². The highest BCUT2D eigenvalue weighted by Gasteiger charge is 2.25. The first-order valence-electron chi connectivity index (χ1n) is 8.81. The molecule has 0 fully saturated rings. The molecule has 0 amide bonds. The molecule has 0 unspecified atom stereocenters. The Bertz CT molecular complexity index is 978. The topological polar surface area (TPSA) is 74.1 Å². The van der Waals surface area contributed by atoms with Crippen molar-refractivity contribution in [1.82, 2.24) is 20.2 Å². The highest BCUT2D eigenvalue weighted by molar-refractivity contribution is 5.77. The van der Waals surface area contributed by atoms with Gasteiger partial charge in [-0.1, -0.05) is 42.4 Å². The summed E-state index contributed by atoms with van der Waals surface area (Å²) in [5, 5.41) is 15.4. The second-order valence-corrected chi connectivity index (χ2v) is 6.26. The van der Waals surface area contributed by atoms with Gasteiger partial charge in [0.05, 0.1) is 14.2 Å². The number of nitrogens with zero attached hydrogens (tertiary/aromatic N) is 4. The molecule has 0 aliphatic carbocycles. The zero-order valence-electron chi connectivity index (χ0n) is 15.5. The fraction of sp³-hybridized carbons (Fsp3) is 0.250. The molecule has 1 aliphatic rings. The molecule has 1 aromatic heterocycles. The number of anilines is 1. The van der Waals surface area contributed by atoms with Crippen molar-refractivity contribution in [3.05, 3.63) is 65.2 Å². The molecular weight excluding hydrogens is 342 g/mol. The molecule has 7 nitrogen and oxygen atoms in total. The first-order valence-corrected chi connectivity index (χ1v) is 8.81. The Kier molecular flexibility index (Phi) is 4.50. The van der Waals surface area contributed by atoms with Crippen LogP contribution in [0, 0.1) is 0 Å². The van der Waals surface area contributed by atoms with E-state index in [9.17, 15) is 0 Å². The molecule has 1 atom stereocenters. The van der Waals surface area contributed by atoms with Crippen LogP contribution in [0.4, 0.5) is 5.95 Å². The second-order valence-electron chi connectivity index (χ2n) is 6.26. The van der Waals surface area contributed by atoms with Gasteiger partial charge in [-0.3, -0.25) is 0 Å². The smallest absolute Gasteiger partial charge is 0.248 e. The van der Waals surface area contributed by atoms with Crippen LogP contribution < -0.4 is 14.8 Å². The Balaban J connectivity index is 1.77. The Labute approximate surface area is 157 Å². The molecule has 1 aliphatic heterocycles. The van der Waals surface area contributed by atoms with Gasteiger partial charge >= 0.3 is 0 Å². The van der Waals surface area contributed by atoms with E-state index in [1.807, 2.05) is 18.2 Å². The average Bonchev–Trinajstić information content (AvgIpc) is 3.21. The largest absolute Gasteiger partial charge is 0.493 e. The molecule has 3 aromatic rings. The summed E-state index contributed by atoms with van der Waals surface area (Å²) in [5.41, 5.74) is 4.37. The number of rotatable bonds is 5. The normalized spacial score (nSPS) is 15.5. The number of allylic oxidation sites excluding steroid dienone is 1. The number of aromatic nitrogens is 4. The van der Waals surface area contributed by atoms with Crippen LogP contribution in [0.5, 0.6) is 11.5 Å². The summed E-state index contributed by atoms with van der Waals surface area (Å²) in [6, 6.07) is 14.2. The Hall–Kier alpha value is -3.35. The summed E-state index contributed by atoms with van der Waals surface area (Å²) in [4.78, 5) is 0. The molecule has 138 valence electrons. The van der Waals surface area contributed by atoms with Crippen LogP contribution in [-0.4, -0.2) is 34.4 Å². The maximum absolute atomic E-state index is 5.45. The summed E-state index contributed by atoms with van der Waals surface area (Å²) >= 11 is 0. The molecule has 27 heavy (non-hydrogen) atoms. The predicted molar refractivity (Wildman–Crippen MR) is 103 cm³/mol. The number of aryl methyl sites for hydroxylation is 1. The molecule has 2 heterocycles. The van der Waals surface area contributed by atoms with Gasteiger partial charge in [-0.2, -0.15) is 4.68 Å². The number of ether oxygens (including phenoxy) is 2. The maximum Gasteiger partial charge on any atom is 0.248 e. The second kappa shape index (κ2) is 7.11. The zero-order valence-corrected chi connectivity index (χ0v) is 15.5. The van der Waals surface area contributed by atoms with Crippen molar-refractivity contribution in [2.24, 2.45) is 0 Å². The lowest BCUT2D eigenvalue weighted by Gasteiger charge is -2.24. The van der Waals surface area contributed by atoms with E-state index in [0.717, 1.165) is 23.2 Å². The van der Waals surface area contributed by atoms with Gasteiger partial charge in [0, 0.05) is 5.70 Å². The van der Waals surface area contributed by atoms with Crippen LogP contribution in [0.3, 0.4) is 0 Å². The lowest BCUT2D eigenvalue weighted by molar-refractivity contribution is 0.354. The average molecular weight is 363 g/mol. The molecule has 0 saturated heterocycles. The third-order valence-corrected chi connectivity index (χ3v) is 4.75. The number of methoxy groups -OCH3 is 2. The highest BCUT2D eigenvalue weighted by atomic mass is 16.5. The van der Waals surface area contributed by atoms with Gasteiger partial charge in [0.1, 0.15) is 6.04 Å². The van der Waals surface area contributed by atoms with Gasteiger partial charge < -0.3 is 14.8 Å². The number of tetrazole rings is 1. The first kappa shape index (κ1) is 17.1. The van der Waals surface area contributed by atoms with Crippen molar-refractivity contribution in [1.29, 1.82) is 0 Å². The van der Waals surface area contributed by atoms with Crippen LogP contribution in [0.25, 0.3) is 5.70 Å².